The molecule has 0 saturated carbocycles. The Labute approximate surface area is 118 Å². The molecule has 0 unspecified atom stereocenters. The molecular weight excluding hydrogens is 282 g/mol. The van der Waals surface area contributed by atoms with Gasteiger partial charge in [0.05, 0.1) is 32.0 Å². The first-order valence-electron chi connectivity index (χ1n) is 5.82. The molecule has 1 N–H and O–H groups in total. The van der Waals surface area contributed by atoms with Gasteiger partial charge >= 0.3 is 5.97 Å². The minimum absolute atomic E-state index is 0.0990. The topological polar surface area (TPSA) is 99.0 Å². The number of hydrogen-bond acceptors (Lipinski definition) is 7. The number of rotatable bonds is 6. The number of methoxy groups -OCH3 is 1. The van der Waals surface area contributed by atoms with Gasteiger partial charge < -0.3 is 10.1 Å². The minimum Gasteiger partial charge on any atom is -0.469 e. The highest BCUT2D eigenvalue weighted by Gasteiger charge is 2.10. The SMILES string of the molecule is COC(=O)Cc1csc(NC(=O)CCn2ccnn2)n1. The van der Waals surface area contributed by atoms with Crippen molar-refractivity contribution in [1.82, 2.24) is 20.0 Å². The van der Waals surface area contributed by atoms with Gasteiger partial charge in [0.2, 0.25) is 5.91 Å². The molecule has 0 radical (unpaired) electrons. The van der Waals surface area contributed by atoms with Crippen molar-refractivity contribution in [3.05, 3.63) is 23.5 Å². The lowest BCUT2D eigenvalue weighted by Crippen LogP contribution is -2.15. The lowest BCUT2D eigenvalue weighted by atomic mass is 10.3. The summed E-state index contributed by atoms with van der Waals surface area (Å²) in [5, 5.41) is 12.3. The Morgan fingerprint density at radius 2 is 2.35 bits per heavy atom. The molecule has 0 aliphatic heterocycles. The highest BCUT2D eigenvalue weighted by Crippen LogP contribution is 2.16. The van der Waals surface area contributed by atoms with E-state index in [0.717, 1.165) is 0 Å². The molecule has 2 aromatic rings. The predicted octanol–water partition coefficient (Wildman–Crippen LogP) is 0.479. The summed E-state index contributed by atoms with van der Waals surface area (Å²) >= 11 is 1.27. The predicted molar refractivity (Wildman–Crippen MR) is 71.1 cm³/mol. The summed E-state index contributed by atoms with van der Waals surface area (Å²) in [6.07, 6.45) is 3.61. The fourth-order valence-electron chi connectivity index (χ4n) is 1.42. The van der Waals surface area contributed by atoms with Gasteiger partial charge in [-0.05, 0) is 0 Å². The maximum atomic E-state index is 11.7. The number of carbonyl (C=O) groups is 2. The molecule has 2 aromatic heterocycles. The lowest BCUT2D eigenvalue weighted by molar-refractivity contribution is -0.139. The molecule has 0 aromatic carbocycles. The van der Waals surface area contributed by atoms with E-state index in [1.165, 1.54) is 18.4 Å². The number of nitrogens with one attached hydrogen (secondary N) is 1. The van der Waals surface area contributed by atoms with E-state index >= 15 is 0 Å². The van der Waals surface area contributed by atoms with Crippen molar-refractivity contribution in [1.29, 1.82) is 0 Å². The van der Waals surface area contributed by atoms with Crippen LogP contribution >= 0.6 is 11.3 Å². The number of ether oxygens (including phenoxy) is 1. The van der Waals surface area contributed by atoms with E-state index in [0.29, 0.717) is 17.4 Å². The molecular formula is C11H13N5O3S. The molecule has 0 fully saturated rings. The van der Waals surface area contributed by atoms with Gasteiger partial charge in [-0.25, -0.2) is 4.98 Å². The third-order valence-corrected chi connectivity index (χ3v) is 3.20. The summed E-state index contributed by atoms with van der Waals surface area (Å²) in [5.74, 6) is -0.529. The van der Waals surface area contributed by atoms with Crippen LogP contribution in [-0.2, 0) is 27.3 Å². The van der Waals surface area contributed by atoms with Crippen LogP contribution < -0.4 is 5.32 Å². The Kier molecular flexibility index (Phi) is 4.77. The smallest absolute Gasteiger partial charge is 0.311 e. The largest absolute Gasteiger partial charge is 0.469 e. The van der Waals surface area contributed by atoms with Gasteiger partial charge in [-0.3, -0.25) is 14.3 Å². The van der Waals surface area contributed by atoms with Crippen LogP contribution in [0.2, 0.25) is 0 Å². The van der Waals surface area contributed by atoms with E-state index in [1.54, 1.807) is 22.5 Å². The first-order valence-corrected chi connectivity index (χ1v) is 6.70. The van der Waals surface area contributed by atoms with Gasteiger partial charge in [0.1, 0.15) is 0 Å². The number of carbonyl (C=O) groups excluding carboxylic acids is 2. The van der Waals surface area contributed by atoms with Crippen LogP contribution in [0.3, 0.4) is 0 Å². The van der Waals surface area contributed by atoms with Gasteiger partial charge in [-0.15, -0.1) is 16.4 Å². The number of aromatic nitrogens is 4. The molecule has 106 valence electrons. The third kappa shape index (κ3) is 4.12. The van der Waals surface area contributed by atoms with Crippen LogP contribution in [0.4, 0.5) is 5.13 Å². The molecule has 0 atom stereocenters. The second kappa shape index (κ2) is 6.75. The van der Waals surface area contributed by atoms with E-state index in [9.17, 15) is 9.59 Å². The van der Waals surface area contributed by atoms with Crippen LogP contribution in [0.15, 0.2) is 17.8 Å². The van der Waals surface area contributed by atoms with Gasteiger partial charge in [-0.1, -0.05) is 5.21 Å². The van der Waals surface area contributed by atoms with Crippen molar-refractivity contribution in [2.75, 3.05) is 12.4 Å². The number of esters is 1. The number of hydrogen-bond donors (Lipinski definition) is 1. The molecule has 20 heavy (non-hydrogen) atoms. The van der Waals surface area contributed by atoms with E-state index in [1.807, 2.05) is 0 Å². The van der Waals surface area contributed by atoms with Crippen LogP contribution in [0.25, 0.3) is 0 Å². The quantitative estimate of drug-likeness (QED) is 0.778. The summed E-state index contributed by atoms with van der Waals surface area (Å²) < 4.78 is 6.12. The molecule has 0 spiro atoms. The number of anilines is 1. The molecule has 0 bridgehead atoms. The van der Waals surface area contributed by atoms with Crippen molar-refractivity contribution in [2.24, 2.45) is 0 Å². The number of amides is 1. The monoisotopic (exact) mass is 295 g/mol. The van der Waals surface area contributed by atoms with Gasteiger partial charge in [0.25, 0.3) is 0 Å². The zero-order valence-corrected chi connectivity index (χ0v) is 11.6. The third-order valence-electron chi connectivity index (χ3n) is 2.39. The fraction of sp³-hybridized carbons (Fsp3) is 0.364. The summed E-state index contributed by atoms with van der Waals surface area (Å²) in [5.41, 5.74) is 0.577. The van der Waals surface area contributed by atoms with Crippen LogP contribution in [0, 0.1) is 0 Å². The highest BCUT2D eigenvalue weighted by molar-refractivity contribution is 7.13. The van der Waals surface area contributed by atoms with Gasteiger partial charge in [0, 0.05) is 18.0 Å². The Bertz CT molecular complexity index is 581. The normalized spacial score (nSPS) is 10.2. The number of thiazole rings is 1. The zero-order chi connectivity index (χ0) is 14.4. The molecule has 0 aliphatic rings. The Balaban J connectivity index is 1.80. The van der Waals surface area contributed by atoms with Crippen LogP contribution in [0.5, 0.6) is 0 Å². The summed E-state index contributed by atoms with van der Waals surface area (Å²) in [4.78, 5) is 26.9. The first kappa shape index (κ1) is 14.1. The Morgan fingerprint density at radius 3 is 3.05 bits per heavy atom. The maximum Gasteiger partial charge on any atom is 0.311 e. The first-order chi connectivity index (χ1) is 9.67. The van der Waals surface area contributed by atoms with Crippen LogP contribution in [0.1, 0.15) is 12.1 Å². The van der Waals surface area contributed by atoms with Crippen molar-refractivity contribution in [3.63, 3.8) is 0 Å². The lowest BCUT2D eigenvalue weighted by Gasteiger charge is -2.01. The average molecular weight is 295 g/mol. The number of aryl methyl sites for hydroxylation is 1. The molecule has 1 amide bonds. The summed E-state index contributed by atoms with van der Waals surface area (Å²) in [7, 11) is 1.32. The van der Waals surface area contributed by atoms with Crippen molar-refractivity contribution in [3.8, 4) is 0 Å². The van der Waals surface area contributed by atoms with Gasteiger partial charge in [-0.2, -0.15) is 0 Å². The number of nitrogens with zero attached hydrogens (tertiary/aromatic N) is 4. The van der Waals surface area contributed by atoms with E-state index in [4.69, 9.17) is 0 Å². The van der Waals surface area contributed by atoms with E-state index in [2.05, 4.69) is 25.3 Å². The fourth-order valence-corrected chi connectivity index (χ4v) is 2.14. The van der Waals surface area contributed by atoms with E-state index in [-0.39, 0.29) is 24.7 Å². The standard InChI is InChI=1S/C11H13N5O3S/c1-19-10(18)6-8-7-20-11(13-8)14-9(17)2-4-16-5-3-12-15-16/h3,5,7H,2,4,6H2,1H3,(H,13,14,17). The summed E-state index contributed by atoms with van der Waals surface area (Å²) in [6.45, 7) is 0.451. The zero-order valence-electron chi connectivity index (χ0n) is 10.8. The molecule has 9 heteroatoms. The van der Waals surface area contributed by atoms with Crippen molar-refractivity contribution < 1.29 is 14.3 Å². The molecule has 0 aliphatic carbocycles. The minimum atomic E-state index is -0.362. The Hall–Kier alpha value is -2.29. The van der Waals surface area contributed by atoms with Crippen molar-refractivity contribution >= 4 is 28.3 Å². The molecule has 2 heterocycles. The summed E-state index contributed by atoms with van der Waals surface area (Å²) in [6, 6.07) is 0. The van der Waals surface area contributed by atoms with Crippen LogP contribution in [-0.4, -0.2) is 39.0 Å². The molecule has 2 rings (SSSR count). The van der Waals surface area contributed by atoms with Crippen molar-refractivity contribution in [2.45, 2.75) is 19.4 Å². The van der Waals surface area contributed by atoms with E-state index < -0.39 is 0 Å². The average Bonchev–Trinajstić information content (AvgIpc) is 3.08. The molecule has 8 nitrogen and oxygen atoms in total. The second-order valence-electron chi connectivity index (χ2n) is 3.86. The van der Waals surface area contributed by atoms with Gasteiger partial charge in [0.15, 0.2) is 5.13 Å². The molecule has 0 saturated heterocycles. The second-order valence-corrected chi connectivity index (χ2v) is 4.72. The highest BCUT2D eigenvalue weighted by atomic mass is 32.1. The maximum absolute atomic E-state index is 11.7. The Morgan fingerprint density at radius 1 is 1.50 bits per heavy atom.